The average Bonchev–Trinajstić information content (AvgIpc) is 2.70. The molecule has 2 N–H and O–H groups in total. The summed E-state index contributed by atoms with van der Waals surface area (Å²) in [6, 6.07) is 7.83. The van der Waals surface area contributed by atoms with Crippen molar-refractivity contribution in [3.8, 4) is 11.4 Å². The maximum absolute atomic E-state index is 5.67. The Kier molecular flexibility index (Phi) is 2.92. The molecule has 0 aliphatic rings. The first-order chi connectivity index (χ1) is 7.77. The highest BCUT2D eigenvalue weighted by Gasteiger charge is 2.11. The molecule has 0 radical (unpaired) electrons. The molecule has 0 saturated heterocycles. The molecule has 16 heavy (non-hydrogen) atoms. The maximum Gasteiger partial charge on any atom is 0.142 e. The zero-order chi connectivity index (χ0) is 11.5. The van der Waals surface area contributed by atoms with Crippen molar-refractivity contribution in [2.45, 2.75) is 13.5 Å². The van der Waals surface area contributed by atoms with Crippen molar-refractivity contribution in [1.29, 1.82) is 0 Å². The predicted molar refractivity (Wildman–Crippen MR) is 62.7 cm³/mol. The largest absolute Gasteiger partial charge is 0.495 e. The number of para-hydroxylation sites is 2. The standard InChI is InChI=1S/C12H15N3O/c1-9-8-14-12(7-13)15(9)10-5-3-4-6-11(10)16-2/h3-6,8H,7,13H2,1-2H3. The molecule has 0 unspecified atom stereocenters. The highest BCUT2D eigenvalue weighted by atomic mass is 16.5. The van der Waals surface area contributed by atoms with Gasteiger partial charge in [0.05, 0.1) is 19.3 Å². The molecular formula is C12H15N3O. The number of imidazole rings is 1. The molecule has 0 amide bonds. The summed E-state index contributed by atoms with van der Waals surface area (Å²) in [7, 11) is 1.66. The lowest BCUT2D eigenvalue weighted by molar-refractivity contribution is 0.412. The number of nitrogens with zero attached hydrogens (tertiary/aromatic N) is 2. The number of aryl methyl sites for hydroxylation is 1. The third-order valence-corrected chi connectivity index (χ3v) is 2.52. The van der Waals surface area contributed by atoms with Crippen LogP contribution in [0.25, 0.3) is 5.69 Å². The third kappa shape index (κ3) is 1.67. The minimum absolute atomic E-state index is 0.409. The summed E-state index contributed by atoms with van der Waals surface area (Å²) in [4.78, 5) is 4.27. The van der Waals surface area contributed by atoms with E-state index in [2.05, 4.69) is 4.98 Å². The van der Waals surface area contributed by atoms with Gasteiger partial charge in [-0.05, 0) is 19.1 Å². The van der Waals surface area contributed by atoms with Gasteiger partial charge < -0.3 is 10.5 Å². The van der Waals surface area contributed by atoms with Crippen LogP contribution in [0.15, 0.2) is 30.5 Å². The Morgan fingerprint density at radius 2 is 2.12 bits per heavy atom. The van der Waals surface area contributed by atoms with Crippen LogP contribution in [0.3, 0.4) is 0 Å². The van der Waals surface area contributed by atoms with E-state index in [4.69, 9.17) is 10.5 Å². The van der Waals surface area contributed by atoms with Gasteiger partial charge in [-0.25, -0.2) is 4.98 Å². The van der Waals surface area contributed by atoms with E-state index >= 15 is 0 Å². The summed E-state index contributed by atoms with van der Waals surface area (Å²) in [5, 5.41) is 0. The van der Waals surface area contributed by atoms with Crippen LogP contribution >= 0.6 is 0 Å². The van der Waals surface area contributed by atoms with E-state index in [0.717, 1.165) is 23.0 Å². The Morgan fingerprint density at radius 3 is 2.81 bits per heavy atom. The molecule has 2 rings (SSSR count). The molecule has 1 aromatic heterocycles. The van der Waals surface area contributed by atoms with E-state index in [0.29, 0.717) is 6.54 Å². The van der Waals surface area contributed by atoms with E-state index < -0.39 is 0 Å². The first-order valence-electron chi connectivity index (χ1n) is 5.14. The lowest BCUT2D eigenvalue weighted by Gasteiger charge is -2.12. The Labute approximate surface area is 94.7 Å². The number of nitrogens with two attached hydrogens (primary N) is 1. The minimum Gasteiger partial charge on any atom is -0.495 e. The summed E-state index contributed by atoms with van der Waals surface area (Å²) in [5.41, 5.74) is 7.69. The molecule has 1 heterocycles. The van der Waals surface area contributed by atoms with Gasteiger partial charge in [0.2, 0.25) is 0 Å². The Balaban J connectivity index is 2.61. The van der Waals surface area contributed by atoms with Crippen molar-refractivity contribution in [3.05, 3.63) is 42.0 Å². The van der Waals surface area contributed by atoms with Crippen molar-refractivity contribution in [1.82, 2.24) is 9.55 Å². The molecule has 0 bridgehead atoms. The molecule has 84 valence electrons. The fraction of sp³-hybridized carbons (Fsp3) is 0.250. The molecule has 0 atom stereocenters. The van der Waals surface area contributed by atoms with E-state index in [1.54, 1.807) is 7.11 Å². The van der Waals surface area contributed by atoms with Crippen molar-refractivity contribution in [2.24, 2.45) is 5.73 Å². The number of aromatic nitrogens is 2. The summed E-state index contributed by atoms with van der Waals surface area (Å²) < 4.78 is 7.35. The second-order valence-corrected chi connectivity index (χ2v) is 3.53. The van der Waals surface area contributed by atoms with Gasteiger partial charge in [-0.3, -0.25) is 4.57 Å². The molecule has 2 aromatic rings. The fourth-order valence-electron chi connectivity index (χ4n) is 1.77. The third-order valence-electron chi connectivity index (χ3n) is 2.52. The second-order valence-electron chi connectivity index (χ2n) is 3.53. The number of rotatable bonds is 3. The van der Waals surface area contributed by atoms with Crippen LogP contribution in [0.2, 0.25) is 0 Å². The predicted octanol–water partition coefficient (Wildman–Crippen LogP) is 1.65. The number of ether oxygens (including phenoxy) is 1. The summed E-state index contributed by atoms with van der Waals surface area (Å²) in [6.07, 6.45) is 1.81. The quantitative estimate of drug-likeness (QED) is 0.850. The highest BCUT2D eigenvalue weighted by Crippen LogP contribution is 2.24. The van der Waals surface area contributed by atoms with Gasteiger partial charge in [-0.2, -0.15) is 0 Å². The van der Waals surface area contributed by atoms with E-state index in [-0.39, 0.29) is 0 Å². The van der Waals surface area contributed by atoms with Gasteiger partial charge in [-0.1, -0.05) is 12.1 Å². The van der Waals surface area contributed by atoms with Crippen LogP contribution in [0, 0.1) is 6.92 Å². The number of hydrogen-bond acceptors (Lipinski definition) is 3. The first-order valence-corrected chi connectivity index (χ1v) is 5.14. The molecule has 0 aliphatic carbocycles. The van der Waals surface area contributed by atoms with E-state index in [1.165, 1.54) is 0 Å². The number of methoxy groups -OCH3 is 1. The normalized spacial score (nSPS) is 10.4. The average molecular weight is 217 g/mol. The molecular weight excluding hydrogens is 202 g/mol. The summed E-state index contributed by atoms with van der Waals surface area (Å²) in [6.45, 7) is 2.41. The zero-order valence-electron chi connectivity index (χ0n) is 9.47. The molecule has 4 heteroatoms. The van der Waals surface area contributed by atoms with E-state index in [9.17, 15) is 0 Å². The first kappa shape index (κ1) is 10.7. The summed E-state index contributed by atoms with van der Waals surface area (Å²) in [5.74, 6) is 1.65. The maximum atomic E-state index is 5.67. The zero-order valence-corrected chi connectivity index (χ0v) is 9.47. The number of hydrogen-bond donors (Lipinski definition) is 1. The Hall–Kier alpha value is -1.81. The Bertz CT molecular complexity index is 491. The summed E-state index contributed by atoms with van der Waals surface area (Å²) >= 11 is 0. The Morgan fingerprint density at radius 1 is 1.38 bits per heavy atom. The number of benzene rings is 1. The molecule has 0 fully saturated rings. The van der Waals surface area contributed by atoms with E-state index in [1.807, 2.05) is 42.0 Å². The van der Waals surface area contributed by atoms with Crippen LogP contribution in [-0.2, 0) is 6.54 Å². The smallest absolute Gasteiger partial charge is 0.142 e. The highest BCUT2D eigenvalue weighted by molar-refractivity contribution is 5.48. The molecule has 0 spiro atoms. The SMILES string of the molecule is COc1ccccc1-n1c(C)cnc1CN. The van der Waals surface area contributed by atoms with Crippen LogP contribution in [0.1, 0.15) is 11.5 Å². The van der Waals surface area contributed by atoms with Crippen LogP contribution < -0.4 is 10.5 Å². The minimum atomic E-state index is 0.409. The molecule has 0 saturated carbocycles. The van der Waals surface area contributed by atoms with Crippen LogP contribution in [-0.4, -0.2) is 16.7 Å². The van der Waals surface area contributed by atoms with Crippen molar-refractivity contribution in [3.63, 3.8) is 0 Å². The van der Waals surface area contributed by atoms with Gasteiger partial charge >= 0.3 is 0 Å². The van der Waals surface area contributed by atoms with Crippen LogP contribution in [0.4, 0.5) is 0 Å². The van der Waals surface area contributed by atoms with Crippen LogP contribution in [0.5, 0.6) is 5.75 Å². The van der Waals surface area contributed by atoms with Crippen molar-refractivity contribution in [2.75, 3.05) is 7.11 Å². The van der Waals surface area contributed by atoms with Gasteiger partial charge in [0.15, 0.2) is 0 Å². The van der Waals surface area contributed by atoms with Gasteiger partial charge in [0.1, 0.15) is 11.6 Å². The lowest BCUT2D eigenvalue weighted by Crippen LogP contribution is -2.08. The van der Waals surface area contributed by atoms with Gasteiger partial charge in [0, 0.05) is 11.9 Å². The van der Waals surface area contributed by atoms with Gasteiger partial charge in [-0.15, -0.1) is 0 Å². The lowest BCUT2D eigenvalue weighted by atomic mass is 10.2. The molecule has 1 aromatic carbocycles. The molecule has 4 nitrogen and oxygen atoms in total. The fourth-order valence-corrected chi connectivity index (χ4v) is 1.77. The monoisotopic (exact) mass is 217 g/mol. The van der Waals surface area contributed by atoms with Gasteiger partial charge in [0.25, 0.3) is 0 Å². The topological polar surface area (TPSA) is 53.1 Å². The second kappa shape index (κ2) is 4.37. The van der Waals surface area contributed by atoms with Crippen molar-refractivity contribution < 1.29 is 4.74 Å². The van der Waals surface area contributed by atoms with Crippen molar-refractivity contribution >= 4 is 0 Å². The molecule has 0 aliphatic heterocycles.